The van der Waals surface area contributed by atoms with Gasteiger partial charge in [0, 0.05) is 64.6 Å². The molecule has 9 nitrogen and oxygen atoms in total. The number of aromatic nitrogens is 5. The second-order valence-corrected chi connectivity index (χ2v) is 6.80. The predicted molar refractivity (Wildman–Crippen MR) is 110 cm³/mol. The number of hydrogen-bond acceptors (Lipinski definition) is 6. The largest absolute Gasteiger partial charge is 0.354 e. The van der Waals surface area contributed by atoms with Crippen LogP contribution in [0.5, 0.6) is 0 Å². The predicted octanol–water partition coefficient (Wildman–Crippen LogP) is 1.20. The standard InChI is InChI=1S/C19H31N9/c1-3-5-7-20-19(23-10-11-28-16-24-25-17(28)4-2)27-14-12-26(13-15-27)18-21-8-6-9-22-18/h6,8-9,16H,3-5,7,10-15H2,1-2H3,(H,20,23). The van der Waals surface area contributed by atoms with Crippen LogP contribution in [-0.4, -0.2) is 74.9 Å². The van der Waals surface area contributed by atoms with Gasteiger partial charge in [-0.2, -0.15) is 0 Å². The lowest BCUT2D eigenvalue weighted by Gasteiger charge is -2.36. The molecule has 1 fully saturated rings. The van der Waals surface area contributed by atoms with Gasteiger partial charge in [-0.15, -0.1) is 10.2 Å². The second-order valence-electron chi connectivity index (χ2n) is 6.80. The number of anilines is 1. The lowest BCUT2D eigenvalue weighted by molar-refractivity contribution is 0.368. The molecule has 0 bridgehead atoms. The monoisotopic (exact) mass is 385 g/mol. The molecule has 2 aromatic heterocycles. The molecule has 1 N–H and O–H groups in total. The lowest BCUT2D eigenvalue weighted by atomic mass is 10.3. The maximum atomic E-state index is 4.84. The summed E-state index contributed by atoms with van der Waals surface area (Å²) in [5.41, 5.74) is 0. The quantitative estimate of drug-likeness (QED) is 0.415. The summed E-state index contributed by atoms with van der Waals surface area (Å²) >= 11 is 0. The van der Waals surface area contributed by atoms with Crippen LogP contribution in [0.1, 0.15) is 32.5 Å². The lowest BCUT2D eigenvalue weighted by Crippen LogP contribution is -2.53. The zero-order chi connectivity index (χ0) is 19.6. The Morgan fingerprint density at radius 2 is 1.93 bits per heavy atom. The summed E-state index contributed by atoms with van der Waals surface area (Å²) in [7, 11) is 0. The van der Waals surface area contributed by atoms with Gasteiger partial charge in [-0.05, 0) is 12.5 Å². The molecule has 0 atom stereocenters. The van der Waals surface area contributed by atoms with Crippen LogP contribution in [0.2, 0.25) is 0 Å². The molecule has 152 valence electrons. The van der Waals surface area contributed by atoms with Crippen LogP contribution in [0.25, 0.3) is 0 Å². The summed E-state index contributed by atoms with van der Waals surface area (Å²) in [5, 5.41) is 11.7. The van der Waals surface area contributed by atoms with Gasteiger partial charge in [0.1, 0.15) is 12.2 Å². The van der Waals surface area contributed by atoms with Crippen molar-refractivity contribution in [1.29, 1.82) is 0 Å². The fourth-order valence-corrected chi connectivity index (χ4v) is 3.21. The van der Waals surface area contributed by atoms with E-state index in [0.717, 1.165) is 82.8 Å². The van der Waals surface area contributed by atoms with Crippen molar-refractivity contribution in [3.8, 4) is 0 Å². The van der Waals surface area contributed by atoms with Crippen LogP contribution >= 0.6 is 0 Å². The molecule has 0 aromatic carbocycles. The minimum Gasteiger partial charge on any atom is -0.354 e. The van der Waals surface area contributed by atoms with Gasteiger partial charge >= 0.3 is 0 Å². The Morgan fingerprint density at radius 1 is 1.14 bits per heavy atom. The van der Waals surface area contributed by atoms with Crippen LogP contribution < -0.4 is 10.2 Å². The first-order chi connectivity index (χ1) is 13.8. The molecule has 0 spiro atoms. The van der Waals surface area contributed by atoms with Crippen LogP contribution in [0.4, 0.5) is 5.95 Å². The van der Waals surface area contributed by atoms with Gasteiger partial charge in [-0.3, -0.25) is 4.99 Å². The number of nitrogens with zero attached hydrogens (tertiary/aromatic N) is 8. The van der Waals surface area contributed by atoms with Gasteiger partial charge in [0.25, 0.3) is 0 Å². The van der Waals surface area contributed by atoms with E-state index in [1.807, 2.05) is 6.07 Å². The van der Waals surface area contributed by atoms with Crippen molar-refractivity contribution in [3.05, 3.63) is 30.6 Å². The van der Waals surface area contributed by atoms with Crippen LogP contribution in [0, 0.1) is 0 Å². The Balaban J connectivity index is 1.55. The molecule has 3 heterocycles. The van der Waals surface area contributed by atoms with Crippen molar-refractivity contribution in [2.75, 3.05) is 44.2 Å². The highest BCUT2D eigenvalue weighted by molar-refractivity contribution is 5.80. The minimum atomic E-state index is 0.804. The Kier molecular flexibility index (Phi) is 7.57. The summed E-state index contributed by atoms with van der Waals surface area (Å²) in [6.07, 6.45) is 8.53. The number of piperazine rings is 1. The summed E-state index contributed by atoms with van der Waals surface area (Å²) < 4.78 is 2.10. The van der Waals surface area contributed by atoms with Gasteiger partial charge in [0.2, 0.25) is 5.95 Å². The van der Waals surface area contributed by atoms with Crippen molar-refractivity contribution in [2.45, 2.75) is 39.7 Å². The summed E-state index contributed by atoms with van der Waals surface area (Å²) in [4.78, 5) is 18.1. The molecular weight excluding hydrogens is 354 g/mol. The molecule has 0 amide bonds. The van der Waals surface area contributed by atoms with E-state index in [0.29, 0.717) is 0 Å². The van der Waals surface area contributed by atoms with Gasteiger partial charge in [-0.25, -0.2) is 9.97 Å². The van der Waals surface area contributed by atoms with E-state index < -0.39 is 0 Å². The topological polar surface area (TPSA) is 87.4 Å². The Morgan fingerprint density at radius 3 is 2.64 bits per heavy atom. The molecule has 3 rings (SSSR count). The highest BCUT2D eigenvalue weighted by Gasteiger charge is 2.21. The molecule has 28 heavy (non-hydrogen) atoms. The van der Waals surface area contributed by atoms with Gasteiger partial charge in [-0.1, -0.05) is 20.3 Å². The molecule has 1 saturated heterocycles. The van der Waals surface area contributed by atoms with Gasteiger partial charge in [0.15, 0.2) is 5.96 Å². The van der Waals surface area contributed by atoms with E-state index in [1.165, 1.54) is 0 Å². The highest BCUT2D eigenvalue weighted by atomic mass is 15.4. The molecule has 2 aromatic rings. The first kappa shape index (κ1) is 20.0. The SMILES string of the molecule is CCCCN=C(NCCn1cnnc1CC)N1CCN(c2ncccn2)CC1. The van der Waals surface area contributed by atoms with E-state index in [4.69, 9.17) is 4.99 Å². The summed E-state index contributed by atoms with van der Waals surface area (Å²) in [6.45, 7) is 10.4. The van der Waals surface area contributed by atoms with E-state index in [9.17, 15) is 0 Å². The number of aryl methyl sites for hydroxylation is 1. The zero-order valence-corrected chi connectivity index (χ0v) is 17.0. The van der Waals surface area contributed by atoms with Crippen LogP contribution in [0.3, 0.4) is 0 Å². The summed E-state index contributed by atoms with van der Waals surface area (Å²) in [6, 6.07) is 1.85. The first-order valence-corrected chi connectivity index (χ1v) is 10.2. The fourth-order valence-electron chi connectivity index (χ4n) is 3.21. The Hall–Kier alpha value is -2.71. The van der Waals surface area contributed by atoms with E-state index in [2.05, 4.69) is 53.7 Å². The molecular formula is C19H31N9. The normalized spacial score (nSPS) is 15.1. The average Bonchev–Trinajstić information content (AvgIpc) is 3.21. The van der Waals surface area contributed by atoms with Crippen molar-refractivity contribution in [3.63, 3.8) is 0 Å². The molecule has 1 aliphatic heterocycles. The molecule has 9 heteroatoms. The van der Waals surface area contributed by atoms with Crippen molar-refractivity contribution in [2.24, 2.45) is 4.99 Å². The smallest absolute Gasteiger partial charge is 0.225 e. The maximum Gasteiger partial charge on any atom is 0.225 e. The molecule has 1 aliphatic rings. The second kappa shape index (κ2) is 10.6. The third-order valence-electron chi connectivity index (χ3n) is 4.84. The Bertz CT molecular complexity index is 720. The maximum absolute atomic E-state index is 4.84. The molecule has 0 aliphatic carbocycles. The zero-order valence-electron chi connectivity index (χ0n) is 17.0. The highest BCUT2D eigenvalue weighted by Crippen LogP contribution is 2.10. The van der Waals surface area contributed by atoms with Crippen molar-refractivity contribution in [1.82, 2.24) is 34.9 Å². The van der Waals surface area contributed by atoms with Crippen molar-refractivity contribution >= 4 is 11.9 Å². The average molecular weight is 386 g/mol. The first-order valence-electron chi connectivity index (χ1n) is 10.2. The van der Waals surface area contributed by atoms with Crippen LogP contribution in [-0.2, 0) is 13.0 Å². The van der Waals surface area contributed by atoms with Gasteiger partial charge in [0.05, 0.1) is 0 Å². The minimum absolute atomic E-state index is 0.804. The molecule has 0 unspecified atom stereocenters. The number of hydrogen-bond donors (Lipinski definition) is 1. The van der Waals surface area contributed by atoms with E-state index in [1.54, 1.807) is 18.7 Å². The number of aliphatic imine (C=N–C) groups is 1. The molecule has 0 saturated carbocycles. The number of unbranched alkanes of at least 4 members (excludes halogenated alkanes) is 1. The number of guanidine groups is 1. The third-order valence-corrected chi connectivity index (χ3v) is 4.84. The summed E-state index contributed by atoms with van der Waals surface area (Å²) in [5.74, 6) is 2.82. The number of rotatable bonds is 8. The van der Waals surface area contributed by atoms with Gasteiger partial charge < -0.3 is 19.7 Å². The van der Waals surface area contributed by atoms with E-state index in [-0.39, 0.29) is 0 Å². The van der Waals surface area contributed by atoms with Crippen molar-refractivity contribution < 1.29 is 0 Å². The Labute approximate surface area is 166 Å². The number of nitrogens with one attached hydrogen (secondary N) is 1. The van der Waals surface area contributed by atoms with Crippen LogP contribution in [0.15, 0.2) is 29.8 Å². The third kappa shape index (κ3) is 5.40. The van der Waals surface area contributed by atoms with E-state index >= 15 is 0 Å². The fraction of sp³-hybridized carbons (Fsp3) is 0.632. The molecule has 0 radical (unpaired) electrons.